The summed E-state index contributed by atoms with van der Waals surface area (Å²) in [7, 11) is 2.06. The maximum absolute atomic E-state index is 12.5. The van der Waals surface area contributed by atoms with Gasteiger partial charge in [-0.25, -0.2) is 0 Å². The number of benzene rings is 2. The summed E-state index contributed by atoms with van der Waals surface area (Å²) in [5.74, 6) is 0.0825. The Morgan fingerprint density at radius 2 is 2.08 bits per heavy atom. The second-order valence-corrected chi connectivity index (χ2v) is 7.33. The lowest BCUT2D eigenvalue weighted by Crippen LogP contribution is -2.23. The first kappa shape index (κ1) is 16.4. The lowest BCUT2D eigenvalue weighted by atomic mass is 9.91. The van der Waals surface area contributed by atoms with Crippen molar-refractivity contribution < 1.29 is 9.53 Å². The maximum atomic E-state index is 12.5. The molecular formula is C20H19BrN2O2. The monoisotopic (exact) mass is 398 g/mol. The number of hydrogen-bond acceptors (Lipinski definition) is 2. The van der Waals surface area contributed by atoms with Crippen molar-refractivity contribution in [1.29, 1.82) is 0 Å². The van der Waals surface area contributed by atoms with Gasteiger partial charge in [0.2, 0.25) is 5.91 Å². The van der Waals surface area contributed by atoms with Crippen LogP contribution in [0.15, 0.2) is 53.0 Å². The number of amides is 1. The lowest BCUT2D eigenvalue weighted by molar-refractivity contribution is -0.117. The van der Waals surface area contributed by atoms with Crippen LogP contribution in [0.2, 0.25) is 0 Å². The van der Waals surface area contributed by atoms with Crippen LogP contribution in [0.4, 0.5) is 5.69 Å². The van der Waals surface area contributed by atoms with Gasteiger partial charge in [0.25, 0.3) is 0 Å². The Labute approximate surface area is 154 Å². The number of hydrogen-bond donors (Lipinski definition) is 1. The van der Waals surface area contributed by atoms with Gasteiger partial charge in [-0.2, -0.15) is 0 Å². The molecule has 1 aromatic heterocycles. The second kappa shape index (κ2) is 6.65. The highest BCUT2D eigenvalue weighted by Crippen LogP contribution is 2.38. The van der Waals surface area contributed by atoms with Crippen LogP contribution in [0.5, 0.6) is 0 Å². The van der Waals surface area contributed by atoms with Crippen molar-refractivity contribution in [3.63, 3.8) is 0 Å². The largest absolute Gasteiger partial charge is 0.375 e. The zero-order chi connectivity index (χ0) is 17.4. The standard InChI is InChI=1S/C20H19BrN2O2/c1-23-17-10-14(21)7-8-16(17)20-13(11-25-12-18(20)23)9-19(24)22-15-5-3-2-4-6-15/h2-8,10,13H,9,11-12H2,1H3,(H,22,24)/t13-/m0/s1. The zero-order valence-electron chi connectivity index (χ0n) is 14.0. The molecule has 2 heterocycles. The van der Waals surface area contributed by atoms with Gasteiger partial charge in [-0.05, 0) is 29.8 Å². The van der Waals surface area contributed by atoms with E-state index in [0.717, 1.165) is 15.9 Å². The highest BCUT2D eigenvalue weighted by atomic mass is 79.9. The van der Waals surface area contributed by atoms with E-state index in [9.17, 15) is 4.79 Å². The van der Waals surface area contributed by atoms with E-state index in [1.807, 2.05) is 30.3 Å². The summed E-state index contributed by atoms with van der Waals surface area (Å²) in [4.78, 5) is 12.5. The molecule has 0 bridgehead atoms. The number of halogens is 1. The number of carbonyl (C=O) groups is 1. The van der Waals surface area contributed by atoms with Crippen LogP contribution in [0, 0.1) is 0 Å². The third-order valence-electron chi connectivity index (χ3n) is 4.78. The van der Waals surface area contributed by atoms with Gasteiger partial charge < -0.3 is 14.6 Å². The Balaban J connectivity index is 1.64. The highest BCUT2D eigenvalue weighted by molar-refractivity contribution is 9.10. The summed E-state index contributed by atoms with van der Waals surface area (Å²) in [5, 5.41) is 4.18. The number of anilines is 1. The number of ether oxygens (including phenoxy) is 1. The number of nitrogens with one attached hydrogen (secondary N) is 1. The molecule has 5 heteroatoms. The molecule has 25 heavy (non-hydrogen) atoms. The molecule has 4 nitrogen and oxygen atoms in total. The summed E-state index contributed by atoms with van der Waals surface area (Å²) >= 11 is 3.54. The van der Waals surface area contributed by atoms with Crippen LogP contribution in [0.1, 0.15) is 23.6 Å². The molecule has 0 unspecified atom stereocenters. The summed E-state index contributed by atoms with van der Waals surface area (Å²) in [6.45, 7) is 1.17. The molecule has 3 aromatic rings. The van der Waals surface area contributed by atoms with Crippen LogP contribution in [-0.2, 0) is 23.2 Å². The quantitative estimate of drug-likeness (QED) is 0.701. The fourth-order valence-corrected chi connectivity index (χ4v) is 3.97. The van der Waals surface area contributed by atoms with Crippen LogP contribution in [-0.4, -0.2) is 17.1 Å². The molecule has 0 fully saturated rings. The molecular weight excluding hydrogens is 380 g/mol. The van der Waals surface area contributed by atoms with Crippen LogP contribution in [0.3, 0.4) is 0 Å². The highest BCUT2D eigenvalue weighted by Gasteiger charge is 2.28. The third kappa shape index (κ3) is 3.10. The van der Waals surface area contributed by atoms with Crippen LogP contribution in [0.25, 0.3) is 10.9 Å². The molecule has 4 rings (SSSR count). The van der Waals surface area contributed by atoms with Crippen molar-refractivity contribution in [3.05, 3.63) is 64.3 Å². The van der Waals surface area contributed by atoms with E-state index in [1.54, 1.807) is 0 Å². The van der Waals surface area contributed by atoms with Crippen molar-refractivity contribution in [1.82, 2.24) is 4.57 Å². The molecule has 1 aliphatic rings. The molecule has 0 aliphatic carbocycles. The van der Waals surface area contributed by atoms with Crippen LogP contribution >= 0.6 is 15.9 Å². The number of aryl methyl sites for hydroxylation is 1. The number of para-hydroxylation sites is 1. The average molecular weight is 399 g/mol. The first-order valence-corrected chi connectivity index (χ1v) is 9.12. The van der Waals surface area contributed by atoms with Crippen molar-refractivity contribution >= 4 is 38.4 Å². The Morgan fingerprint density at radius 1 is 1.28 bits per heavy atom. The fourth-order valence-electron chi connectivity index (χ4n) is 3.62. The first-order chi connectivity index (χ1) is 12.1. The van der Waals surface area contributed by atoms with Gasteiger partial charge in [0.1, 0.15) is 0 Å². The number of nitrogens with zero attached hydrogens (tertiary/aromatic N) is 1. The van der Waals surface area contributed by atoms with E-state index in [1.165, 1.54) is 16.5 Å². The number of rotatable bonds is 3. The number of aromatic nitrogens is 1. The topological polar surface area (TPSA) is 43.3 Å². The van der Waals surface area contributed by atoms with E-state index < -0.39 is 0 Å². The van der Waals surface area contributed by atoms with Gasteiger partial charge in [-0.15, -0.1) is 0 Å². The molecule has 1 N–H and O–H groups in total. The smallest absolute Gasteiger partial charge is 0.225 e. The SMILES string of the molecule is Cn1c2c(c3ccc(Br)cc31)[C@@H](CC(=O)Nc1ccccc1)COC2. The van der Waals surface area contributed by atoms with Crippen molar-refractivity contribution in [2.45, 2.75) is 18.9 Å². The number of fused-ring (bicyclic) bond motifs is 3. The predicted molar refractivity (Wildman–Crippen MR) is 103 cm³/mol. The van der Waals surface area contributed by atoms with E-state index in [-0.39, 0.29) is 11.8 Å². The van der Waals surface area contributed by atoms with Gasteiger partial charge in [0, 0.05) is 46.1 Å². The van der Waals surface area contributed by atoms with Crippen molar-refractivity contribution in [2.24, 2.45) is 7.05 Å². The minimum Gasteiger partial charge on any atom is -0.375 e. The zero-order valence-corrected chi connectivity index (χ0v) is 15.5. The minimum atomic E-state index is 0.0155. The minimum absolute atomic E-state index is 0.0155. The van der Waals surface area contributed by atoms with Gasteiger partial charge in [0.05, 0.1) is 13.2 Å². The second-order valence-electron chi connectivity index (χ2n) is 6.41. The molecule has 1 aliphatic heterocycles. The lowest BCUT2D eigenvalue weighted by Gasteiger charge is -2.24. The summed E-state index contributed by atoms with van der Waals surface area (Å²) < 4.78 is 9.02. The normalized spacial score (nSPS) is 16.6. The Bertz CT molecular complexity index is 934. The molecule has 1 atom stereocenters. The van der Waals surface area contributed by atoms with Gasteiger partial charge in [-0.1, -0.05) is 40.2 Å². The van der Waals surface area contributed by atoms with Gasteiger partial charge in [0.15, 0.2) is 0 Å². The predicted octanol–water partition coefficient (Wildman–Crippen LogP) is 4.58. The van der Waals surface area contributed by atoms with E-state index in [4.69, 9.17) is 4.74 Å². The molecule has 0 saturated carbocycles. The summed E-state index contributed by atoms with van der Waals surface area (Å²) in [6, 6.07) is 15.9. The van der Waals surface area contributed by atoms with E-state index in [0.29, 0.717) is 19.6 Å². The molecule has 2 aromatic carbocycles. The van der Waals surface area contributed by atoms with E-state index >= 15 is 0 Å². The Morgan fingerprint density at radius 3 is 2.88 bits per heavy atom. The molecule has 128 valence electrons. The van der Waals surface area contributed by atoms with Gasteiger partial charge >= 0.3 is 0 Å². The molecule has 0 saturated heterocycles. The summed E-state index contributed by atoms with van der Waals surface area (Å²) in [5.41, 5.74) is 4.40. The van der Waals surface area contributed by atoms with E-state index in [2.05, 4.69) is 51.1 Å². The average Bonchev–Trinajstić information content (AvgIpc) is 2.89. The van der Waals surface area contributed by atoms with Gasteiger partial charge in [-0.3, -0.25) is 4.79 Å². The Hall–Kier alpha value is -2.11. The Kier molecular flexibility index (Phi) is 4.36. The van der Waals surface area contributed by atoms with Crippen molar-refractivity contribution in [3.8, 4) is 0 Å². The first-order valence-electron chi connectivity index (χ1n) is 8.33. The van der Waals surface area contributed by atoms with Crippen molar-refractivity contribution in [2.75, 3.05) is 11.9 Å². The maximum Gasteiger partial charge on any atom is 0.225 e. The van der Waals surface area contributed by atoms with Crippen LogP contribution < -0.4 is 5.32 Å². The number of carbonyl (C=O) groups excluding carboxylic acids is 1. The molecule has 0 spiro atoms. The fraction of sp³-hybridized carbons (Fsp3) is 0.250. The third-order valence-corrected chi connectivity index (χ3v) is 5.28. The molecule has 0 radical (unpaired) electrons. The summed E-state index contributed by atoms with van der Waals surface area (Å²) in [6.07, 6.45) is 0.414. The molecule has 1 amide bonds.